The van der Waals surface area contributed by atoms with E-state index in [-0.39, 0.29) is 5.82 Å². The molecule has 0 radical (unpaired) electrons. The second-order valence-corrected chi connectivity index (χ2v) is 6.18. The van der Waals surface area contributed by atoms with E-state index in [4.69, 9.17) is 0 Å². The third-order valence-electron chi connectivity index (χ3n) is 3.60. The minimum absolute atomic E-state index is 0.104. The number of nitrogens with one attached hydrogen (secondary N) is 1. The van der Waals surface area contributed by atoms with Gasteiger partial charge in [0.05, 0.1) is 0 Å². The fourth-order valence-electron chi connectivity index (χ4n) is 2.67. The first-order chi connectivity index (χ1) is 9.19. The van der Waals surface area contributed by atoms with E-state index < -0.39 is 0 Å². The summed E-state index contributed by atoms with van der Waals surface area (Å²) in [4.78, 5) is 2.37. The van der Waals surface area contributed by atoms with E-state index in [1.807, 2.05) is 6.07 Å². The Bertz CT molecular complexity index is 411. The van der Waals surface area contributed by atoms with Gasteiger partial charge in [-0.3, -0.25) is 4.90 Å². The summed E-state index contributed by atoms with van der Waals surface area (Å²) in [7, 11) is 0. The van der Waals surface area contributed by atoms with E-state index in [1.165, 1.54) is 12.8 Å². The van der Waals surface area contributed by atoms with Crippen LogP contribution >= 0.6 is 15.9 Å². The van der Waals surface area contributed by atoms with Gasteiger partial charge in [0.1, 0.15) is 5.82 Å². The molecule has 4 heteroatoms. The fourth-order valence-corrected chi connectivity index (χ4v) is 3.08. The molecule has 1 aliphatic rings. The van der Waals surface area contributed by atoms with Crippen LogP contribution in [0.5, 0.6) is 0 Å². The van der Waals surface area contributed by atoms with Crippen molar-refractivity contribution in [2.45, 2.75) is 38.8 Å². The second-order valence-electron chi connectivity index (χ2n) is 5.26. The Balaban J connectivity index is 2.02. The van der Waals surface area contributed by atoms with Gasteiger partial charge in [-0.2, -0.15) is 0 Å². The first kappa shape index (κ1) is 14.9. The number of hydrogen-bond donors (Lipinski definition) is 1. The zero-order valence-corrected chi connectivity index (χ0v) is 13.0. The predicted octanol–water partition coefficient (Wildman–Crippen LogP) is 3.55. The quantitative estimate of drug-likeness (QED) is 0.909. The van der Waals surface area contributed by atoms with Crippen LogP contribution in [0, 0.1) is 5.82 Å². The van der Waals surface area contributed by atoms with Crippen molar-refractivity contribution in [2.24, 2.45) is 0 Å². The molecule has 0 saturated carbocycles. The monoisotopic (exact) mass is 328 g/mol. The maximum atomic E-state index is 13.8. The van der Waals surface area contributed by atoms with Crippen LogP contribution in [0.1, 0.15) is 31.7 Å². The van der Waals surface area contributed by atoms with Crippen LogP contribution in [0.3, 0.4) is 0 Å². The lowest BCUT2D eigenvalue weighted by atomic mass is 10.1. The average molecular weight is 329 g/mol. The van der Waals surface area contributed by atoms with Gasteiger partial charge in [0.25, 0.3) is 0 Å². The third kappa shape index (κ3) is 4.55. The summed E-state index contributed by atoms with van der Waals surface area (Å²) in [5.41, 5.74) is 0.784. The Morgan fingerprint density at radius 1 is 1.47 bits per heavy atom. The highest BCUT2D eigenvalue weighted by Crippen LogP contribution is 2.18. The SMILES string of the molecule is CCCC1CN(Cc2cc(Br)ccc2F)CCCN1. The second kappa shape index (κ2) is 7.36. The Hall–Kier alpha value is -0.450. The summed E-state index contributed by atoms with van der Waals surface area (Å²) in [5, 5.41) is 3.58. The van der Waals surface area contributed by atoms with Crippen molar-refractivity contribution >= 4 is 15.9 Å². The molecule has 1 heterocycles. The zero-order valence-electron chi connectivity index (χ0n) is 11.5. The standard InChI is InChI=1S/C15H22BrFN2/c1-2-4-14-11-19(8-3-7-18-14)10-12-9-13(16)5-6-15(12)17/h5-6,9,14,18H,2-4,7-8,10-11H2,1H3. The molecule has 0 aliphatic carbocycles. The van der Waals surface area contributed by atoms with E-state index in [0.29, 0.717) is 12.6 Å². The lowest BCUT2D eigenvalue weighted by Crippen LogP contribution is -2.37. The molecule has 1 aromatic rings. The zero-order chi connectivity index (χ0) is 13.7. The molecule has 19 heavy (non-hydrogen) atoms. The first-order valence-corrected chi connectivity index (χ1v) is 7.88. The van der Waals surface area contributed by atoms with Crippen LogP contribution in [0.2, 0.25) is 0 Å². The van der Waals surface area contributed by atoms with Crippen LogP contribution in [-0.4, -0.2) is 30.6 Å². The van der Waals surface area contributed by atoms with Gasteiger partial charge in [-0.25, -0.2) is 4.39 Å². The average Bonchev–Trinajstić information content (AvgIpc) is 2.60. The molecule has 0 aromatic heterocycles. The lowest BCUT2D eigenvalue weighted by Gasteiger charge is -2.24. The molecule has 1 saturated heterocycles. The first-order valence-electron chi connectivity index (χ1n) is 7.08. The largest absolute Gasteiger partial charge is 0.313 e. The molecule has 2 nitrogen and oxygen atoms in total. The molecule has 106 valence electrons. The highest BCUT2D eigenvalue weighted by molar-refractivity contribution is 9.10. The Morgan fingerprint density at radius 2 is 2.32 bits per heavy atom. The van der Waals surface area contributed by atoms with Gasteiger partial charge in [-0.1, -0.05) is 29.3 Å². The van der Waals surface area contributed by atoms with Crippen molar-refractivity contribution in [1.29, 1.82) is 0 Å². The van der Waals surface area contributed by atoms with Crippen LogP contribution in [0.4, 0.5) is 4.39 Å². The van der Waals surface area contributed by atoms with Crippen LogP contribution in [0.15, 0.2) is 22.7 Å². The van der Waals surface area contributed by atoms with Gasteiger partial charge in [0.15, 0.2) is 0 Å². The maximum Gasteiger partial charge on any atom is 0.127 e. The lowest BCUT2D eigenvalue weighted by molar-refractivity contribution is 0.251. The minimum atomic E-state index is -0.104. The van der Waals surface area contributed by atoms with Crippen molar-refractivity contribution in [2.75, 3.05) is 19.6 Å². The van der Waals surface area contributed by atoms with Gasteiger partial charge in [-0.05, 0) is 44.1 Å². The molecule has 1 aromatic carbocycles. The molecule has 0 bridgehead atoms. The molecule has 0 spiro atoms. The van der Waals surface area contributed by atoms with Gasteiger partial charge >= 0.3 is 0 Å². The van der Waals surface area contributed by atoms with Crippen molar-refractivity contribution < 1.29 is 4.39 Å². The Kier molecular flexibility index (Phi) is 5.79. The van der Waals surface area contributed by atoms with Crippen LogP contribution in [-0.2, 0) is 6.54 Å². The topological polar surface area (TPSA) is 15.3 Å². The summed E-state index contributed by atoms with van der Waals surface area (Å²) >= 11 is 3.42. The van der Waals surface area contributed by atoms with Gasteiger partial charge < -0.3 is 5.32 Å². The number of benzene rings is 1. The van der Waals surface area contributed by atoms with E-state index in [9.17, 15) is 4.39 Å². The molecule has 1 aliphatic heterocycles. The van der Waals surface area contributed by atoms with E-state index in [2.05, 4.69) is 33.1 Å². The summed E-state index contributed by atoms with van der Waals surface area (Å²) in [6, 6.07) is 5.73. The molecular formula is C15H22BrFN2. The summed E-state index contributed by atoms with van der Waals surface area (Å²) < 4.78 is 14.8. The number of nitrogens with zero attached hydrogens (tertiary/aromatic N) is 1. The molecular weight excluding hydrogens is 307 g/mol. The van der Waals surface area contributed by atoms with Crippen LogP contribution < -0.4 is 5.32 Å². The number of hydrogen-bond acceptors (Lipinski definition) is 2. The highest BCUT2D eigenvalue weighted by atomic mass is 79.9. The molecule has 1 N–H and O–H groups in total. The molecule has 0 amide bonds. The Labute approximate surface area is 123 Å². The third-order valence-corrected chi connectivity index (χ3v) is 4.09. The molecule has 1 unspecified atom stereocenters. The minimum Gasteiger partial charge on any atom is -0.313 e. The van der Waals surface area contributed by atoms with Gasteiger partial charge in [-0.15, -0.1) is 0 Å². The van der Waals surface area contributed by atoms with Crippen molar-refractivity contribution in [1.82, 2.24) is 10.2 Å². The smallest absolute Gasteiger partial charge is 0.127 e. The van der Waals surface area contributed by atoms with E-state index >= 15 is 0 Å². The van der Waals surface area contributed by atoms with Crippen molar-refractivity contribution in [3.63, 3.8) is 0 Å². The predicted molar refractivity (Wildman–Crippen MR) is 80.7 cm³/mol. The van der Waals surface area contributed by atoms with E-state index in [0.717, 1.165) is 36.1 Å². The molecule has 1 atom stereocenters. The summed E-state index contributed by atoms with van der Waals surface area (Å²) in [5.74, 6) is -0.104. The summed E-state index contributed by atoms with van der Waals surface area (Å²) in [6.07, 6.45) is 3.52. The van der Waals surface area contributed by atoms with Gasteiger partial charge in [0.2, 0.25) is 0 Å². The Morgan fingerprint density at radius 3 is 3.11 bits per heavy atom. The maximum absolute atomic E-state index is 13.8. The number of halogens is 2. The summed E-state index contributed by atoms with van der Waals surface area (Å²) in [6.45, 7) is 6.04. The number of rotatable bonds is 4. The van der Waals surface area contributed by atoms with Crippen molar-refractivity contribution in [3.8, 4) is 0 Å². The molecule has 2 rings (SSSR count). The van der Waals surface area contributed by atoms with Crippen LogP contribution in [0.25, 0.3) is 0 Å². The fraction of sp³-hybridized carbons (Fsp3) is 0.600. The van der Waals surface area contributed by atoms with Gasteiger partial charge in [0, 0.05) is 29.2 Å². The highest BCUT2D eigenvalue weighted by Gasteiger charge is 2.18. The molecule has 1 fully saturated rings. The van der Waals surface area contributed by atoms with Crippen molar-refractivity contribution in [3.05, 3.63) is 34.1 Å². The van der Waals surface area contributed by atoms with E-state index in [1.54, 1.807) is 12.1 Å². The normalized spacial score (nSPS) is 21.3.